The fraction of sp³-hybridized carbons (Fsp3) is 0.429. The van der Waals surface area contributed by atoms with Crippen molar-refractivity contribution in [1.29, 1.82) is 0 Å². The van der Waals surface area contributed by atoms with Crippen LogP contribution in [0.1, 0.15) is 0 Å². The van der Waals surface area contributed by atoms with Crippen molar-refractivity contribution < 1.29 is 9.53 Å². The number of amides is 2. The lowest BCUT2D eigenvalue weighted by Crippen LogP contribution is -2.59. The Morgan fingerprint density at radius 2 is 1.80 bits per heavy atom. The van der Waals surface area contributed by atoms with Crippen LogP contribution in [0.25, 0.3) is 0 Å². The smallest absolute Gasteiger partial charge is 0.319 e. The molecule has 1 heterocycles. The van der Waals surface area contributed by atoms with Crippen molar-refractivity contribution in [2.24, 2.45) is 0 Å². The summed E-state index contributed by atoms with van der Waals surface area (Å²) in [7, 11) is 0. The van der Waals surface area contributed by atoms with E-state index in [4.69, 9.17) is 51.8 Å². The average Bonchev–Trinajstić information content (AvgIpc) is 2.56. The molecule has 0 bridgehead atoms. The zero-order valence-corrected chi connectivity index (χ0v) is 18.1. The van der Waals surface area contributed by atoms with E-state index in [0.717, 1.165) is 9.26 Å². The highest BCUT2D eigenvalue weighted by atomic mass is 127. The minimum atomic E-state index is -1.79. The standard InChI is InChI=1S/C14H16Cl3IN4O2S/c15-14(16,17)11(21-13(23)22-5-7-24-8-6-22)20-12(25)19-10-3-1-9(18)2-4-10/h1-4,11H,5-8H2,(H,21,23)(H2,19,20,25)/t11-/m1/s1. The Bertz CT molecular complexity index is 609. The molecule has 1 aromatic carbocycles. The number of hydrogen-bond donors (Lipinski definition) is 3. The van der Waals surface area contributed by atoms with E-state index in [0.29, 0.717) is 26.3 Å². The number of hydrogen-bond acceptors (Lipinski definition) is 3. The number of urea groups is 1. The third kappa shape index (κ3) is 7.10. The maximum absolute atomic E-state index is 12.3. The van der Waals surface area contributed by atoms with Gasteiger partial charge in [-0.15, -0.1) is 0 Å². The molecule has 0 aliphatic carbocycles. The lowest BCUT2D eigenvalue weighted by molar-refractivity contribution is 0.0524. The summed E-state index contributed by atoms with van der Waals surface area (Å²) in [5.41, 5.74) is 0.778. The van der Waals surface area contributed by atoms with Gasteiger partial charge in [-0.2, -0.15) is 0 Å². The Hall–Kier alpha value is -0.260. The van der Waals surface area contributed by atoms with Gasteiger partial charge in [0.15, 0.2) is 11.3 Å². The number of ether oxygens (including phenoxy) is 1. The first kappa shape index (κ1) is 21.0. The molecule has 0 saturated carbocycles. The fourth-order valence-corrected chi connectivity index (χ4v) is 2.94. The van der Waals surface area contributed by atoms with Crippen LogP contribution in [0.3, 0.4) is 0 Å². The van der Waals surface area contributed by atoms with Crippen LogP contribution in [-0.2, 0) is 4.74 Å². The van der Waals surface area contributed by atoms with Crippen LogP contribution < -0.4 is 16.0 Å². The summed E-state index contributed by atoms with van der Waals surface area (Å²) in [4.78, 5) is 13.9. The van der Waals surface area contributed by atoms with Crippen molar-refractivity contribution >= 4 is 86.4 Å². The van der Waals surface area contributed by atoms with Crippen LogP contribution in [0.2, 0.25) is 0 Å². The maximum Gasteiger partial charge on any atom is 0.319 e. The van der Waals surface area contributed by atoms with Crippen molar-refractivity contribution in [3.8, 4) is 0 Å². The molecular formula is C14H16Cl3IN4O2S. The molecule has 1 atom stereocenters. The predicted molar refractivity (Wildman–Crippen MR) is 114 cm³/mol. The molecule has 2 amide bonds. The molecule has 25 heavy (non-hydrogen) atoms. The van der Waals surface area contributed by atoms with E-state index < -0.39 is 9.96 Å². The van der Waals surface area contributed by atoms with Gasteiger partial charge in [0, 0.05) is 22.3 Å². The summed E-state index contributed by atoms with van der Waals surface area (Å²) in [5, 5.41) is 8.67. The van der Waals surface area contributed by atoms with Crippen LogP contribution >= 0.6 is 69.6 Å². The summed E-state index contributed by atoms with van der Waals surface area (Å²) >= 11 is 25.4. The van der Waals surface area contributed by atoms with Crippen LogP contribution in [0.4, 0.5) is 10.5 Å². The Balaban J connectivity index is 1.95. The minimum Gasteiger partial charge on any atom is -0.378 e. The zero-order chi connectivity index (χ0) is 18.4. The summed E-state index contributed by atoms with van der Waals surface area (Å²) in [6, 6.07) is 7.24. The molecule has 1 aromatic rings. The number of nitrogens with zero attached hydrogens (tertiary/aromatic N) is 1. The molecule has 3 N–H and O–H groups in total. The van der Waals surface area contributed by atoms with E-state index in [-0.39, 0.29) is 11.1 Å². The highest BCUT2D eigenvalue weighted by Gasteiger charge is 2.35. The molecule has 1 aliphatic rings. The van der Waals surface area contributed by atoms with Gasteiger partial charge in [-0.25, -0.2) is 4.79 Å². The van der Waals surface area contributed by atoms with Crippen molar-refractivity contribution in [3.05, 3.63) is 27.8 Å². The van der Waals surface area contributed by atoms with E-state index in [1.165, 1.54) is 0 Å². The summed E-state index contributed by atoms with van der Waals surface area (Å²) < 4.78 is 4.52. The number of halogens is 4. The van der Waals surface area contributed by atoms with Crippen LogP contribution in [-0.4, -0.2) is 52.3 Å². The van der Waals surface area contributed by atoms with Crippen LogP contribution in [0, 0.1) is 3.57 Å². The van der Waals surface area contributed by atoms with Gasteiger partial charge in [0.1, 0.15) is 0 Å². The molecule has 0 unspecified atom stereocenters. The number of carbonyl (C=O) groups excluding carboxylic acids is 1. The number of benzene rings is 1. The summed E-state index contributed by atoms with van der Waals surface area (Å²) in [6.07, 6.45) is -1.00. The number of carbonyl (C=O) groups is 1. The van der Waals surface area contributed by atoms with Gasteiger partial charge < -0.3 is 25.6 Å². The molecule has 138 valence electrons. The first-order valence-corrected chi connectivity index (χ1v) is 9.91. The van der Waals surface area contributed by atoms with Crippen molar-refractivity contribution in [2.45, 2.75) is 9.96 Å². The molecular weight excluding hydrogens is 522 g/mol. The van der Waals surface area contributed by atoms with Gasteiger partial charge in [0.05, 0.1) is 13.2 Å². The number of anilines is 1. The van der Waals surface area contributed by atoms with E-state index in [1.54, 1.807) is 4.90 Å². The van der Waals surface area contributed by atoms with Crippen molar-refractivity contribution in [1.82, 2.24) is 15.5 Å². The lowest BCUT2D eigenvalue weighted by atomic mass is 10.3. The highest BCUT2D eigenvalue weighted by Crippen LogP contribution is 2.29. The molecule has 1 fully saturated rings. The van der Waals surface area contributed by atoms with Gasteiger partial charge in [-0.3, -0.25) is 0 Å². The third-order valence-corrected chi connectivity index (χ3v) is 4.86. The average molecular weight is 538 g/mol. The van der Waals surface area contributed by atoms with E-state index in [9.17, 15) is 4.79 Å². The second-order valence-corrected chi connectivity index (χ2v) is 9.15. The normalized spacial score (nSPS) is 16.1. The monoisotopic (exact) mass is 536 g/mol. The molecule has 1 aliphatic heterocycles. The topological polar surface area (TPSA) is 65.6 Å². The van der Waals surface area contributed by atoms with E-state index in [1.807, 2.05) is 24.3 Å². The van der Waals surface area contributed by atoms with Crippen LogP contribution in [0.5, 0.6) is 0 Å². The lowest BCUT2D eigenvalue weighted by Gasteiger charge is -2.32. The number of alkyl halides is 3. The van der Waals surface area contributed by atoms with Crippen molar-refractivity contribution in [3.63, 3.8) is 0 Å². The molecule has 0 aromatic heterocycles. The van der Waals surface area contributed by atoms with E-state index in [2.05, 4.69) is 38.5 Å². The highest BCUT2D eigenvalue weighted by molar-refractivity contribution is 14.1. The Labute approximate surface area is 180 Å². The van der Waals surface area contributed by atoms with Gasteiger partial charge in [0.25, 0.3) is 0 Å². The third-order valence-electron chi connectivity index (χ3n) is 3.27. The number of nitrogens with one attached hydrogen (secondary N) is 3. The van der Waals surface area contributed by atoms with Crippen molar-refractivity contribution in [2.75, 3.05) is 31.6 Å². The van der Waals surface area contributed by atoms with Crippen LogP contribution in [0.15, 0.2) is 24.3 Å². The van der Waals surface area contributed by atoms with Gasteiger partial charge in [-0.1, -0.05) is 34.8 Å². The Morgan fingerprint density at radius 1 is 1.20 bits per heavy atom. The summed E-state index contributed by atoms with van der Waals surface area (Å²) in [6.45, 7) is 1.91. The molecule has 11 heteroatoms. The zero-order valence-electron chi connectivity index (χ0n) is 12.9. The first-order valence-electron chi connectivity index (χ1n) is 7.28. The molecule has 6 nitrogen and oxygen atoms in total. The maximum atomic E-state index is 12.3. The number of morpholine rings is 1. The quantitative estimate of drug-likeness (QED) is 0.239. The Kier molecular flexibility index (Phi) is 8.09. The Morgan fingerprint density at radius 3 is 2.36 bits per heavy atom. The first-order chi connectivity index (χ1) is 11.8. The molecule has 0 spiro atoms. The van der Waals surface area contributed by atoms with Gasteiger partial charge in [-0.05, 0) is 59.1 Å². The largest absolute Gasteiger partial charge is 0.378 e. The molecule has 2 rings (SSSR count). The predicted octanol–water partition coefficient (Wildman–Crippen LogP) is 3.32. The minimum absolute atomic E-state index is 0.222. The fourth-order valence-electron chi connectivity index (χ4n) is 2.01. The second-order valence-electron chi connectivity index (χ2n) is 5.13. The number of rotatable bonds is 3. The van der Waals surface area contributed by atoms with Gasteiger partial charge in [0.2, 0.25) is 3.79 Å². The summed E-state index contributed by atoms with van der Waals surface area (Å²) in [5.74, 6) is 0. The number of thiocarbonyl (C=S) groups is 1. The van der Waals surface area contributed by atoms with Gasteiger partial charge >= 0.3 is 6.03 Å². The second kappa shape index (κ2) is 9.61. The molecule has 0 radical (unpaired) electrons. The van der Waals surface area contributed by atoms with E-state index >= 15 is 0 Å². The SMILES string of the molecule is O=C(N[C@@H](NC(=S)Nc1ccc(I)cc1)C(Cl)(Cl)Cl)N1CCOCC1. The molecule has 1 saturated heterocycles.